The van der Waals surface area contributed by atoms with Crippen LogP contribution in [0.5, 0.6) is 5.75 Å². The number of anilines is 2. The van der Waals surface area contributed by atoms with Gasteiger partial charge in [-0.1, -0.05) is 17.7 Å². The molecule has 0 heterocycles. The Labute approximate surface area is 165 Å². The molecule has 0 spiro atoms. The lowest BCUT2D eigenvalue weighted by Gasteiger charge is -2.23. The van der Waals surface area contributed by atoms with Gasteiger partial charge >= 0.3 is 0 Å². The minimum Gasteiger partial charge on any atom is -0.491 e. The SMILES string of the molecule is CC(=O)N(CCC(=O)Nc1ccc(OC(C)C)cc1)c1cccc(Cl)c1C. The predicted molar refractivity (Wildman–Crippen MR) is 110 cm³/mol. The second-order valence-electron chi connectivity index (χ2n) is 6.54. The molecule has 2 aromatic carbocycles. The summed E-state index contributed by atoms with van der Waals surface area (Å²) in [5.41, 5.74) is 2.22. The Bertz CT molecular complexity index is 804. The van der Waals surface area contributed by atoms with Crippen LogP contribution in [-0.4, -0.2) is 24.5 Å². The Balaban J connectivity index is 1.98. The Morgan fingerprint density at radius 3 is 2.41 bits per heavy atom. The third-order valence-electron chi connectivity index (χ3n) is 3.98. The highest BCUT2D eigenvalue weighted by Gasteiger charge is 2.16. The highest BCUT2D eigenvalue weighted by atomic mass is 35.5. The molecular formula is C21H25ClN2O3. The van der Waals surface area contributed by atoms with Gasteiger partial charge in [-0.25, -0.2) is 0 Å². The standard InChI is InChI=1S/C21H25ClN2O3/c1-14(2)27-18-10-8-17(9-11-18)23-21(26)12-13-24(16(4)25)20-7-5-6-19(22)15(20)3/h5-11,14H,12-13H2,1-4H3,(H,23,26). The summed E-state index contributed by atoms with van der Waals surface area (Å²) in [6, 6.07) is 12.6. The van der Waals surface area contributed by atoms with Crippen molar-refractivity contribution in [1.29, 1.82) is 0 Å². The summed E-state index contributed by atoms with van der Waals surface area (Å²) in [6.07, 6.45) is 0.272. The van der Waals surface area contributed by atoms with E-state index in [0.717, 1.165) is 17.0 Å². The highest BCUT2D eigenvalue weighted by molar-refractivity contribution is 6.31. The van der Waals surface area contributed by atoms with Crippen LogP contribution in [-0.2, 0) is 9.59 Å². The van der Waals surface area contributed by atoms with E-state index in [1.807, 2.05) is 39.0 Å². The fourth-order valence-corrected chi connectivity index (χ4v) is 2.83. The summed E-state index contributed by atoms with van der Waals surface area (Å²) in [5, 5.41) is 3.43. The zero-order valence-corrected chi connectivity index (χ0v) is 16.8. The van der Waals surface area contributed by atoms with E-state index < -0.39 is 0 Å². The molecule has 0 aliphatic heterocycles. The van der Waals surface area contributed by atoms with Crippen LogP contribution in [0.2, 0.25) is 5.02 Å². The van der Waals surface area contributed by atoms with Gasteiger partial charge in [0.1, 0.15) is 5.75 Å². The van der Waals surface area contributed by atoms with Crippen molar-refractivity contribution in [2.45, 2.75) is 40.2 Å². The molecule has 0 fully saturated rings. The molecule has 27 heavy (non-hydrogen) atoms. The number of rotatable bonds is 7. The summed E-state index contributed by atoms with van der Waals surface area (Å²) in [4.78, 5) is 25.9. The van der Waals surface area contributed by atoms with Crippen molar-refractivity contribution in [3.63, 3.8) is 0 Å². The van der Waals surface area contributed by atoms with Crippen molar-refractivity contribution in [2.75, 3.05) is 16.8 Å². The van der Waals surface area contributed by atoms with E-state index in [9.17, 15) is 9.59 Å². The molecule has 0 unspecified atom stereocenters. The van der Waals surface area contributed by atoms with Gasteiger partial charge in [-0.3, -0.25) is 9.59 Å². The van der Waals surface area contributed by atoms with Crippen molar-refractivity contribution in [1.82, 2.24) is 0 Å². The summed E-state index contributed by atoms with van der Waals surface area (Å²) < 4.78 is 5.58. The van der Waals surface area contributed by atoms with E-state index in [-0.39, 0.29) is 30.9 Å². The topological polar surface area (TPSA) is 58.6 Å². The molecule has 0 atom stereocenters. The van der Waals surface area contributed by atoms with Gasteiger partial charge in [0, 0.05) is 36.3 Å². The molecule has 0 aliphatic carbocycles. The summed E-state index contributed by atoms with van der Waals surface area (Å²) in [7, 11) is 0. The Kier molecular flexibility index (Phi) is 7.25. The monoisotopic (exact) mass is 388 g/mol. The van der Waals surface area contributed by atoms with Gasteiger partial charge in [0.05, 0.1) is 6.10 Å². The number of amides is 2. The van der Waals surface area contributed by atoms with Gasteiger partial charge in [-0.15, -0.1) is 0 Å². The molecule has 0 aromatic heterocycles. The van der Waals surface area contributed by atoms with Crippen LogP contribution < -0.4 is 15.0 Å². The van der Waals surface area contributed by atoms with E-state index in [0.29, 0.717) is 10.7 Å². The average Bonchev–Trinajstić information content (AvgIpc) is 2.59. The lowest BCUT2D eigenvalue weighted by atomic mass is 10.1. The fraction of sp³-hybridized carbons (Fsp3) is 0.333. The molecule has 0 radical (unpaired) electrons. The van der Waals surface area contributed by atoms with E-state index in [1.165, 1.54) is 6.92 Å². The number of halogens is 1. The van der Waals surface area contributed by atoms with Crippen molar-refractivity contribution < 1.29 is 14.3 Å². The first kappa shape index (κ1) is 20.8. The minimum absolute atomic E-state index is 0.0953. The molecule has 2 rings (SSSR count). The molecule has 2 amide bonds. The van der Waals surface area contributed by atoms with Crippen LogP contribution in [0, 0.1) is 6.92 Å². The molecule has 0 saturated carbocycles. The van der Waals surface area contributed by atoms with Crippen LogP contribution in [0.1, 0.15) is 32.8 Å². The predicted octanol–water partition coefficient (Wildman–Crippen LogP) is 4.82. The highest BCUT2D eigenvalue weighted by Crippen LogP contribution is 2.27. The average molecular weight is 389 g/mol. The number of benzene rings is 2. The van der Waals surface area contributed by atoms with Crippen molar-refractivity contribution in [3.8, 4) is 5.75 Å². The lowest BCUT2D eigenvalue weighted by molar-refractivity contribution is -0.117. The Morgan fingerprint density at radius 1 is 1.15 bits per heavy atom. The Hall–Kier alpha value is -2.53. The van der Waals surface area contributed by atoms with Gasteiger partial charge in [0.2, 0.25) is 11.8 Å². The molecule has 144 valence electrons. The number of nitrogens with zero attached hydrogens (tertiary/aromatic N) is 1. The second-order valence-corrected chi connectivity index (χ2v) is 6.95. The normalized spacial score (nSPS) is 10.6. The van der Waals surface area contributed by atoms with E-state index >= 15 is 0 Å². The lowest BCUT2D eigenvalue weighted by Crippen LogP contribution is -2.32. The molecule has 0 saturated heterocycles. The first-order chi connectivity index (χ1) is 12.8. The van der Waals surface area contributed by atoms with Crippen LogP contribution in [0.25, 0.3) is 0 Å². The Morgan fingerprint density at radius 2 is 1.81 bits per heavy atom. The van der Waals surface area contributed by atoms with Gasteiger partial charge in [0.25, 0.3) is 0 Å². The van der Waals surface area contributed by atoms with E-state index in [4.69, 9.17) is 16.3 Å². The van der Waals surface area contributed by atoms with Crippen molar-refractivity contribution >= 4 is 34.8 Å². The smallest absolute Gasteiger partial charge is 0.226 e. The molecule has 5 nitrogen and oxygen atoms in total. The van der Waals surface area contributed by atoms with Gasteiger partial charge in [0.15, 0.2) is 0 Å². The molecular weight excluding hydrogens is 364 g/mol. The number of carbonyl (C=O) groups is 2. The maximum Gasteiger partial charge on any atom is 0.226 e. The maximum absolute atomic E-state index is 12.3. The fourth-order valence-electron chi connectivity index (χ4n) is 2.66. The molecule has 0 aliphatic rings. The third kappa shape index (κ3) is 6.00. The molecule has 1 N–H and O–H groups in total. The number of hydrogen-bond donors (Lipinski definition) is 1. The number of hydrogen-bond acceptors (Lipinski definition) is 3. The number of ether oxygens (including phenoxy) is 1. The summed E-state index contributed by atoms with van der Waals surface area (Å²) in [5.74, 6) is 0.448. The number of nitrogens with one attached hydrogen (secondary N) is 1. The van der Waals surface area contributed by atoms with Gasteiger partial charge < -0.3 is 15.0 Å². The molecule has 0 bridgehead atoms. The third-order valence-corrected chi connectivity index (χ3v) is 4.39. The van der Waals surface area contributed by atoms with Crippen LogP contribution in [0.4, 0.5) is 11.4 Å². The zero-order chi connectivity index (χ0) is 20.0. The van der Waals surface area contributed by atoms with Gasteiger partial charge in [-0.05, 0) is 62.7 Å². The molecule has 6 heteroatoms. The van der Waals surface area contributed by atoms with E-state index in [1.54, 1.807) is 29.2 Å². The second kappa shape index (κ2) is 9.42. The van der Waals surface area contributed by atoms with Gasteiger partial charge in [-0.2, -0.15) is 0 Å². The largest absolute Gasteiger partial charge is 0.491 e. The quantitative estimate of drug-likeness (QED) is 0.739. The van der Waals surface area contributed by atoms with Crippen LogP contribution in [0.15, 0.2) is 42.5 Å². The summed E-state index contributed by atoms with van der Waals surface area (Å²) in [6.45, 7) is 7.52. The zero-order valence-electron chi connectivity index (χ0n) is 16.1. The minimum atomic E-state index is -0.168. The van der Waals surface area contributed by atoms with Crippen molar-refractivity contribution in [3.05, 3.63) is 53.1 Å². The number of carbonyl (C=O) groups excluding carboxylic acids is 2. The van der Waals surface area contributed by atoms with Crippen LogP contribution >= 0.6 is 11.6 Å². The maximum atomic E-state index is 12.3. The first-order valence-electron chi connectivity index (χ1n) is 8.87. The van der Waals surface area contributed by atoms with Crippen LogP contribution in [0.3, 0.4) is 0 Å². The van der Waals surface area contributed by atoms with E-state index in [2.05, 4.69) is 5.32 Å². The first-order valence-corrected chi connectivity index (χ1v) is 9.25. The molecule has 2 aromatic rings. The van der Waals surface area contributed by atoms with Crippen molar-refractivity contribution in [2.24, 2.45) is 0 Å². The summed E-state index contributed by atoms with van der Waals surface area (Å²) >= 11 is 6.15.